The summed E-state index contributed by atoms with van der Waals surface area (Å²) in [5.41, 5.74) is 0.613. The smallest absolute Gasteiger partial charge is 0.141 e. The quantitative estimate of drug-likeness (QED) is 0.583. The first-order chi connectivity index (χ1) is 4.83. The Balaban J connectivity index is 2.87. The third-order valence-electron chi connectivity index (χ3n) is 1.04. The second-order valence-electron chi connectivity index (χ2n) is 1.85. The summed E-state index contributed by atoms with van der Waals surface area (Å²) in [5.74, 6) is -0.396. The second-order valence-corrected chi connectivity index (χ2v) is 1.85. The van der Waals surface area contributed by atoms with Crippen LogP contribution in [-0.2, 0) is 6.42 Å². The van der Waals surface area contributed by atoms with E-state index in [-0.39, 0.29) is 6.42 Å². The van der Waals surface area contributed by atoms with Crippen LogP contribution in [0.15, 0.2) is 18.5 Å². The number of pyridine rings is 1. The number of rotatable bonds is 1. The van der Waals surface area contributed by atoms with E-state index >= 15 is 0 Å². The zero-order chi connectivity index (χ0) is 7.40. The molecule has 0 atom stereocenters. The monoisotopic (exact) mass is 136 g/mol. The fourth-order valence-electron chi connectivity index (χ4n) is 0.644. The number of nitriles is 1. The van der Waals surface area contributed by atoms with Crippen molar-refractivity contribution in [2.24, 2.45) is 0 Å². The molecular formula is C7H5FN2. The van der Waals surface area contributed by atoms with E-state index < -0.39 is 5.82 Å². The lowest BCUT2D eigenvalue weighted by Gasteiger charge is -1.90. The Morgan fingerprint density at radius 1 is 1.60 bits per heavy atom. The van der Waals surface area contributed by atoms with Crippen molar-refractivity contribution in [3.63, 3.8) is 0 Å². The third kappa shape index (κ3) is 1.52. The second kappa shape index (κ2) is 2.92. The van der Waals surface area contributed by atoms with Crippen LogP contribution in [0.2, 0.25) is 0 Å². The minimum atomic E-state index is -0.396. The Morgan fingerprint density at radius 3 is 3.00 bits per heavy atom. The maximum atomic E-state index is 12.3. The molecule has 0 aliphatic heterocycles. The van der Waals surface area contributed by atoms with Crippen molar-refractivity contribution in [2.75, 3.05) is 0 Å². The summed E-state index contributed by atoms with van der Waals surface area (Å²) in [5, 5.41) is 8.21. The topological polar surface area (TPSA) is 36.7 Å². The van der Waals surface area contributed by atoms with Gasteiger partial charge >= 0.3 is 0 Å². The molecule has 0 N–H and O–H groups in total. The zero-order valence-corrected chi connectivity index (χ0v) is 5.21. The van der Waals surface area contributed by atoms with Crippen molar-refractivity contribution in [1.29, 1.82) is 5.26 Å². The molecule has 0 aliphatic carbocycles. The van der Waals surface area contributed by atoms with Crippen molar-refractivity contribution in [2.45, 2.75) is 6.42 Å². The van der Waals surface area contributed by atoms with Crippen LogP contribution in [-0.4, -0.2) is 4.98 Å². The molecule has 0 bridgehead atoms. The average Bonchev–Trinajstić information content (AvgIpc) is 1.88. The molecule has 0 saturated heterocycles. The van der Waals surface area contributed by atoms with E-state index in [1.807, 2.05) is 6.07 Å². The highest BCUT2D eigenvalue weighted by molar-refractivity contribution is 5.13. The van der Waals surface area contributed by atoms with Crippen LogP contribution in [0.4, 0.5) is 4.39 Å². The van der Waals surface area contributed by atoms with E-state index in [1.54, 1.807) is 0 Å². The summed E-state index contributed by atoms with van der Waals surface area (Å²) < 4.78 is 12.3. The predicted molar refractivity (Wildman–Crippen MR) is 33.5 cm³/mol. The molecule has 10 heavy (non-hydrogen) atoms. The number of nitrogens with zero attached hydrogens (tertiary/aromatic N) is 2. The highest BCUT2D eigenvalue weighted by atomic mass is 19.1. The fourth-order valence-corrected chi connectivity index (χ4v) is 0.644. The molecule has 0 fully saturated rings. The van der Waals surface area contributed by atoms with Gasteiger partial charge in [0.25, 0.3) is 0 Å². The van der Waals surface area contributed by atoms with E-state index in [0.29, 0.717) is 5.56 Å². The molecule has 1 rings (SSSR count). The van der Waals surface area contributed by atoms with Crippen molar-refractivity contribution >= 4 is 0 Å². The molecule has 0 saturated carbocycles. The Labute approximate surface area is 57.9 Å². The van der Waals surface area contributed by atoms with Gasteiger partial charge in [-0.1, -0.05) is 0 Å². The first-order valence-electron chi connectivity index (χ1n) is 2.79. The van der Waals surface area contributed by atoms with Crippen LogP contribution in [0.5, 0.6) is 0 Å². The minimum Gasteiger partial charge on any atom is -0.261 e. The van der Waals surface area contributed by atoms with Crippen LogP contribution < -0.4 is 0 Å². The summed E-state index contributed by atoms with van der Waals surface area (Å²) in [6.07, 6.45) is 2.80. The van der Waals surface area contributed by atoms with E-state index in [1.165, 1.54) is 12.3 Å². The molecule has 1 aromatic rings. The zero-order valence-electron chi connectivity index (χ0n) is 5.21. The van der Waals surface area contributed by atoms with Gasteiger partial charge in [0.15, 0.2) is 0 Å². The lowest BCUT2D eigenvalue weighted by molar-refractivity contribution is 0.619. The maximum Gasteiger partial charge on any atom is 0.141 e. The normalized spacial score (nSPS) is 8.80. The van der Waals surface area contributed by atoms with Gasteiger partial charge in [-0.05, 0) is 11.6 Å². The number of aromatic nitrogens is 1. The molecule has 2 nitrogen and oxygen atoms in total. The van der Waals surface area contributed by atoms with Gasteiger partial charge in [0, 0.05) is 6.20 Å². The van der Waals surface area contributed by atoms with Gasteiger partial charge in [-0.25, -0.2) is 4.39 Å². The first-order valence-corrected chi connectivity index (χ1v) is 2.79. The lowest BCUT2D eigenvalue weighted by Crippen LogP contribution is -1.84. The fraction of sp³-hybridized carbons (Fsp3) is 0.143. The van der Waals surface area contributed by atoms with Crippen LogP contribution in [0.25, 0.3) is 0 Å². The van der Waals surface area contributed by atoms with Crippen LogP contribution in [0, 0.1) is 17.1 Å². The van der Waals surface area contributed by atoms with E-state index in [0.717, 1.165) is 6.20 Å². The van der Waals surface area contributed by atoms with Crippen LogP contribution >= 0.6 is 0 Å². The molecule has 0 radical (unpaired) electrons. The maximum absolute atomic E-state index is 12.3. The van der Waals surface area contributed by atoms with Crippen LogP contribution in [0.3, 0.4) is 0 Å². The van der Waals surface area contributed by atoms with Gasteiger partial charge in [-0.3, -0.25) is 4.98 Å². The van der Waals surface area contributed by atoms with Gasteiger partial charge in [0.2, 0.25) is 0 Å². The number of hydrogen-bond acceptors (Lipinski definition) is 2. The first kappa shape index (κ1) is 6.69. The standard InChI is InChI=1S/C7H5FN2/c8-7-3-6(1-2-9)4-10-5-7/h3-5H,1H2. The van der Waals surface area contributed by atoms with E-state index in [4.69, 9.17) is 5.26 Å². The largest absolute Gasteiger partial charge is 0.261 e. The van der Waals surface area contributed by atoms with E-state index in [9.17, 15) is 4.39 Å². The van der Waals surface area contributed by atoms with E-state index in [2.05, 4.69) is 4.98 Å². The molecule has 50 valence electrons. The van der Waals surface area contributed by atoms with Crippen molar-refractivity contribution < 1.29 is 4.39 Å². The summed E-state index contributed by atoms with van der Waals surface area (Å²) in [6, 6.07) is 3.21. The van der Waals surface area contributed by atoms with Crippen molar-refractivity contribution in [3.05, 3.63) is 29.8 Å². The molecule has 0 aliphatic rings. The van der Waals surface area contributed by atoms with Gasteiger partial charge < -0.3 is 0 Å². The summed E-state index contributed by atoms with van der Waals surface area (Å²) in [4.78, 5) is 3.58. The highest BCUT2D eigenvalue weighted by Gasteiger charge is 1.92. The molecule has 0 spiro atoms. The Morgan fingerprint density at radius 2 is 2.40 bits per heavy atom. The molecule has 3 heteroatoms. The Bertz CT molecular complexity index is 265. The van der Waals surface area contributed by atoms with Gasteiger partial charge in [-0.2, -0.15) is 5.26 Å². The molecule has 0 unspecified atom stereocenters. The molecule has 1 aromatic heterocycles. The Hall–Kier alpha value is -1.43. The van der Waals surface area contributed by atoms with Crippen LogP contribution in [0.1, 0.15) is 5.56 Å². The van der Waals surface area contributed by atoms with Gasteiger partial charge in [-0.15, -0.1) is 0 Å². The molecule has 1 heterocycles. The minimum absolute atomic E-state index is 0.213. The average molecular weight is 136 g/mol. The number of hydrogen-bond donors (Lipinski definition) is 0. The highest BCUT2D eigenvalue weighted by Crippen LogP contribution is 1.99. The SMILES string of the molecule is N#CCc1cncc(F)c1. The molecule has 0 aromatic carbocycles. The van der Waals surface area contributed by atoms with Crippen molar-refractivity contribution in [3.8, 4) is 6.07 Å². The number of halogens is 1. The molecule has 0 amide bonds. The third-order valence-corrected chi connectivity index (χ3v) is 1.04. The van der Waals surface area contributed by atoms with Crippen molar-refractivity contribution in [1.82, 2.24) is 4.98 Å². The molecular weight excluding hydrogens is 131 g/mol. The summed E-state index contributed by atoms with van der Waals surface area (Å²) in [7, 11) is 0. The van der Waals surface area contributed by atoms with Gasteiger partial charge in [0.05, 0.1) is 18.7 Å². The summed E-state index contributed by atoms with van der Waals surface area (Å²) >= 11 is 0. The predicted octanol–water partition coefficient (Wildman–Crippen LogP) is 1.29. The lowest BCUT2D eigenvalue weighted by atomic mass is 10.2. The van der Waals surface area contributed by atoms with Gasteiger partial charge in [0.1, 0.15) is 5.82 Å². The Kier molecular flexibility index (Phi) is 1.96. The summed E-state index contributed by atoms with van der Waals surface area (Å²) in [6.45, 7) is 0.